The van der Waals surface area contributed by atoms with E-state index in [0.29, 0.717) is 34.6 Å². The summed E-state index contributed by atoms with van der Waals surface area (Å²) in [5.41, 5.74) is 7.35. The Hall–Kier alpha value is -4.56. The first-order valence-corrected chi connectivity index (χ1v) is 13.1. The Morgan fingerprint density at radius 3 is 2.51 bits per heavy atom. The molecule has 4 heterocycles. The number of rotatable bonds is 7. The van der Waals surface area contributed by atoms with Crippen molar-refractivity contribution in [1.29, 1.82) is 0 Å². The summed E-state index contributed by atoms with van der Waals surface area (Å²) in [6, 6.07) is 21.3. The molecule has 2 aromatic carbocycles. The molecule has 7 nitrogen and oxygen atoms in total. The zero-order chi connectivity index (χ0) is 26.8. The number of aromatic nitrogens is 4. The predicted molar refractivity (Wildman–Crippen MR) is 155 cm³/mol. The predicted octanol–water partition coefficient (Wildman–Crippen LogP) is 5.34. The second-order valence-electron chi connectivity index (χ2n) is 9.86. The minimum atomic E-state index is -0.363. The van der Waals surface area contributed by atoms with Crippen LogP contribution in [0, 0.1) is 5.82 Å². The maximum Gasteiger partial charge on any atom is 0.141 e. The van der Waals surface area contributed by atoms with Gasteiger partial charge in [0.05, 0.1) is 11.2 Å². The van der Waals surface area contributed by atoms with Gasteiger partial charge in [0.15, 0.2) is 0 Å². The number of hydrogen-bond donors (Lipinski definition) is 2. The highest BCUT2D eigenvalue weighted by molar-refractivity contribution is 5.91. The number of likely N-dealkylation sites (N-methyl/N-ethyl adjacent to an activating group) is 1. The molecule has 0 amide bonds. The van der Waals surface area contributed by atoms with Crippen molar-refractivity contribution in [1.82, 2.24) is 30.4 Å². The van der Waals surface area contributed by atoms with Crippen molar-refractivity contribution in [3.8, 4) is 22.5 Å². The van der Waals surface area contributed by atoms with Gasteiger partial charge in [0.25, 0.3) is 0 Å². The molecule has 6 rings (SSSR count). The number of piperazine rings is 1. The Labute approximate surface area is 227 Å². The molecule has 0 saturated carbocycles. The number of halogens is 1. The summed E-state index contributed by atoms with van der Waals surface area (Å²) in [6.45, 7) is 8.75. The van der Waals surface area contributed by atoms with Crippen molar-refractivity contribution in [3.05, 3.63) is 103 Å². The first-order valence-electron chi connectivity index (χ1n) is 13.1. The summed E-state index contributed by atoms with van der Waals surface area (Å²) in [7, 11) is 2.16. The molecule has 1 aliphatic heterocycles. The van der Waals surface area contributed by atoms with E-state index in [-0.39, 0.29) is 5.82 Å². The molecular weight excluding hydrogens is 489 g/mol. The first-order chi connectivity index (χ1) is 19.1. The number of nitrogens with zero attached hydrogens (tertiary/aromatic N) is 5. The molecule has 1 saturated heterocycles. The summed E-state index contributed by atoms with van der Waals surface area (Å²) in [6.07, 6.45) is 3.46. The van der Waals surface area contributed by atoms with Gasteiger partial charge in [-0.25, -0.2) is 9.37 Å². The average Bonchev–Trinajstić information content (AvgIpc) is 3.40. The molecule has 3 aromatic heterocycles. The van der Waals surface area contributed by atoms with E-state index in [0.717, 1.165) is 48.5 Å². The van der Waals surface area contributed by atoms with Crippen molar-refractivity contribution in [2.24, 2.45) is 0 Å². The standard InChI is InChI=1S/C31H30FN7/c1-21(34-20-22-12-14-33-15-13-22)25-4-3-5-26(29(25)32)27-10-11-28-31(35-27)30(37-36-28)23-6-8-24(9-7-23)39-18-16-38(2)17-19-39/h3-15,34H,1,16-20H2,2H3,(H,36,37). The Morgan fingerprint density at radius 1 is 0.974 bits per heavy atom. The van der Waals surface area contributed by atoms with E-state index >= 15 is 4.39 Å². The summed E-state index contributed by atoms with van der Waals surface area (Å²) < 4.78 is 15.7. The molecule has 5 aromatic rings. The number of fused-ring (bicyclic) bond motifs is 1. The minimum absolute atomic E-state index is 0.363. The third kappa shape index (κ3) is 5.11. The zero-order valence-electron chi connectivity index (χ0n) is 21.9. The molecule has 1 aliphatic rings. The van der Waals surface area contributed by atoms with Gasteiger partial charge in [0.2, 0.25) is 0 Å². The van der Waals surface area contributed by atoms with Crippen LogP contribution in [0.4, 0.5) is 10.1 Å². The molecule has 0 bridgehead atoms. The maximum atomic E-state index is 15.7. The van der Waals surface area contributed by atoms with Gasteiger partial charge in [0, 0.05) is 73.2 Å². The monoisotopic (exact) mass is 519 g/mol. The van der Waals surface area contributed by atoms with E-state index in [2.05, 4.69) is 68.2 Å². The van der Waals surface area contributed by atoms with Gasteiger partial charge in [-0.05, 0) is 61.1 Å². The minimum Gasteiger partial charge on any atom is -0.381 e. The van der Waals surface area contributed by atoms with Gasteiger partial charge in [-0.3, -0.25) is 10.1 Å². The van der Waals surface area contributed by atoms with Gasteiger partial charge >= 0.3 is 0 Å². The quantitative estimate of drug-likeness (QED) is 0.303. The lowest BCUT2D eigenvalue weighted by Gasteiger charge is -2.34. The molecule has 8 heteroatoms. The number of anilines is 1. The van der Waals surface area contributed by atoms with Crippen molar-refractivity contribution in [2.75, 3.05) is 38.1 Å². The summed E-state index contributed by atoms with van der Waals surface area (Å²) in [5.74, 6) is -0.363. The first kappa shape index (κ1) is 24.8. The lowest BCUT2D eigenvalue weighted by molar-refractivity contribution is 0.313. The average molecular weight is 520 g/mol. The van der Waals surface area contributed by atoms with Gasteiger partial charge in [-0.2, -0.15) is 5.10 Å². The van der Waals surface area contributed by atoms with Crippen LogP contribution in [-0.2, 0) is 6.54 Å². The molecule has 0 spiro atoms. The molecule has 0 atom stereocenters. The van der Waals surface area contributed by atoms with E-state index in [9.17, 15) is 0 Å². The van der Waals surface area contributed by atoms with E-state index in [1.807, 2.05) is 30.3 Å². The number of pyridine rings is 2. The number of hydrogen-bond acceptors (Lipinski definition) is 6. The van der Waals surface area contributed by atoms with Gasteiger partial charge in [0.1, 0.15) is 17.0 Å². The third-order valence-electron chi connectivity index (χ3n) is 7.27. The number of H-pyrrole nitrogens is 1. The zero-order valence-corrected chi connectivity index (χ0v) is 21.9. The van der Waals surface area contributed by atoms with Crippen LogP contribution in [0.25, 0.3) is 39.2 Å². The van der Waals surface area contributed by atoms with Crippen LogP contribution in [0.5, 0.6) is 0 Å². The lowest BCUT2D eigenvalue weighted by atomic mass is 10.0. The van der Waals surface area contributed by atoms with Crippen LogP contribution in [0.1, 0.15) is 11.1 Å². The van der Waals surface area contributed by atoms with Crippen LogP contribution < -0.4 is 10.2 Å². The highest BCUT2D eigenvalue weighted by Gasteiger charge is 2.18. The SMILES string of the molecule is C=C(NCc1ccncc1)c1cccc(-c2ccc3[nH]nc(-c4ccc(N5CCN(C)CC5)cc4)c3n2)c1F. The Balaban J connectivity index is 1.26. The summed E-state index contributed by atoms with van der Waals surface area (Å²) in [5, 5.41) is 10.8. The van der Waals surface area contributed by atoms with E-state index in [4.69, 9.17) is 4.98 Å². The maximum absolute atomic E-state index is 15.7. The highest BCUT2D eigenvalue weighted by Crippen LogP contribution is 2.31. The lowest BCUT2D eigenvalue weighted by Crippen LogP contribution is -2.44. The fourth-order valence-electron chi connectivity index (χ4n) is 4.91. The fraction of sp³-hybridized carbons (Fsp3) is 0.194. The molecule has 196 valence electrons. The number of aromatic amines is 1. The Kier molecular flexibility index (Phi) is 6.77. The van der Waals surface area contributed by atoms with Gasteiger partial charge < -0.3 is 15.1 Å². The Bertz CT molecular complexity index is 1600. The molecule has 0 aliphatic carbocycles. The van der Waals surface area contributed by atoms with Crippen LogP contribution in [0.2, 0.25) is 0 Å². The Morgan fingerprint density at radius 2 is 1.74 bits per heavy atom. The smallest absolute Gasteiger partial charge is 0.141 e. The molecular formula is C31H30FN7. The van der Waals surface area contributed by atoms with Crippen molar-refractivity contribution >= 4 is 22.4 Å². The number of nitrogens with one attached hydrogen (secondary N) is 2. The molecule has 0 radical (unpaired) electrons. The normalized spacial score (nSPS) is 14.1. The van der Waals surface area contributed by atoms with Gasteiger partial charge in [-0.1, -0.05) is 24.8 Å². The molecule has 0 unspecified atom stereocenters. The van der Waals surface area contributed by atoms with Crippen molar-refractivity contribution in [3.63, 3.8) is 0 Å². The van der Waals surface area contributed by atoms with Crippen LogP contribution >= 0.6 is 0 Å². The van der Waals surface area contributed by atoms with Crippen LogP contribution in [-0.4, -0.2) is 58.3 Å². The summed E-state index contributed by atoms with van der Waals surface area (Å²) in [4.78, 5) is 13.6. The van der Waals surface area contributed by atoms with Crippen molar-refractivity contribution in [2.45, 2.75) is 6.54 Å². The second-order valence-corrected chi connectivity index (χ2v) is 9.86. The van der Waals surface area contributed by atoms with E-state index in [1.54, 1.807) is 24.5 Å². The highest BCUT2D eigenvalue weighted by atomic mass is 19.1. The van der Waals surface area contributed by atoms with E-state index in [1.165, 1.54) is 5.69 Å². The largest absolute Gasteiger partial charge is 0.381 e. The molecule has 2 N–H and O–H groups in total. The van der Waals surface area contributed by atoms with Crippen LogP contribution in [0.15, 0.2) is 85.7 Å². The van der Waals surface area contributed by atoms with Crippen LogP contribution in [0.3, 0.4) is 0 Å². The molecule has 39 heavy (non-hydrogen) atoms. The fourth-order valence-corrected chi connectivity index (χ4v) is 4.91. The number of benzene rings is 2. The topological polar surface area (TPSA) is 73.0 Å². The van der Waals surface area contributed by atoms with E-state index < -0.39 is 0 Å². The third-order valence-corrected chi connectivity index (χ3v) is 7.27. The second kappa shape index (κ2) is 10.7. The van der Waals surface area contributed by atoms with Crippen molar-refractivity contribution < 1.29 is 4.39 Å². The van der Waals surface area contributed by atoms with Gasteiger partial charge in [-0.15, -0.1) is 0 Å². The summed E-state index contributed by atoms with van der Waals surface area (Å²) >= 11 is 0. The molecule has 1 fully saturated rings.